The summed E-state index contributed by atoms with van der Waals surface area (Å²) in [5.41, 5.74) is 10.3. The molecule has 0 radical (unpaired) electrons. The molecular formula is C23H22FN7. The van der Waals surface area contributed by atoms with Crippen LogP contribution in [-0.4, -0.2) is 44.7 Å². The van der Waals surface area contributed by atoms with E-state index in [0.29, 0.717) is 34.9 Å². The van der Waals surface area contributed by atoms with Crippen molar-refractivity contribution in [3.63, 3.8) is 0 Å². The van der Waals surface area contributed by atoms with Crippen LogP contribution in [0.5, 0.6) is 0 Å². The molecular weight excluding hydrogens is 393 g/mol. The van der Waals surface area contributed by atoms with Crippen molar-refractivity contribution in [2.75, 3.05) is 23.7 Å². The van der Waals surface area contributed by atoms with Gasteiger partial charge in [-0.3, -0.25) is 4.57 Å². The average molecular weight is 415 g/mol. The number of benzene rings is 1. The molecule has 2 aliphatic rings. The van der Waals surface area contributed by atoms with Gasteiger partial charge in [-0.05, 0) is 49.7 Å². The van der Waals surface area contributed by atoms with Gasteiger partial charge in [-0.15, -0.1) is 0 Å². The number of halogens is 1. The zero-order valence-corrected chi connectivity index (χ0v) is 17.1. The second-order valence-electron chi connectivity index (χ2n) is 8.29. The Balaban J connectivity index is 1.43. The number of rotatable bonds is 3. The van der Waals surface area contributed by atoms with Crippen molar-refractivity contribution in [3.8, 4) is 16.9 Å². The lowest BCUT2D eigenvalue weighted by molar-refractivity contribution is 0.561. The molecule has 3 N–H and O–H groups in total. The van der Waals surface area contributed by atoms with E-state index in [-0.39, 0.29) is 5.82 Å². The normalized spacial score (nSPS) is 20.1. The molecule has 0 aliphatic carbocycles. The molecule has 0 saturated carbocycles. The fourth-order valence-corrected chi connectivity index (χ4v) is 4.87. The van der Waals surface area contributed by atoms with E-state index < -0.39 is 0 Å². The summed E-state index contributed by atoms with van der Waals surface area (Å²) in [5, 5.41) is 3.46. The van der Waals surface area contributed by atoms with E-state index in [2.05, 4.69) is 20.2 Å². The van der Waals surface area contributed by atoms with Crippen LogP contribution in [0, 0.1) is 12.7 Å². The molecule has 31 heavy (non-hydrogen) atoms. The first kappa shape index (κ1) is 18.3. The molecule has 2 bridgehead atoms. The van der Waals surface area contributed by atoms with Gasteiger partial charge in [0.15, 0.2) is 5.65 Å². The summed E-state index contributed by atoms with van der Waals surface area (Å²) in [6.45, 7) is 3.68. The lowest BCUT2D eigenvalue weighted by Crippen LogP contribution is -2.44. The van der Waals surface area contributed by atoms with Gasteiger partial charge in [0, 0.05) is 43.0 Å². The number of anilines is 2. The summed E-state index contributed by atoms with van der Waals surface area (Å²) in [6, 6.07) is 13.7. The minimum Gasteiger partial charge on any atom is -0.384 e. The third-order valence-electron chi connectivity index (χ3n) is 6.30. The molecule has 1 aromatic carbocycles. The van der Waals surface area contributed by atoms with Gasteiger partial charge in [0.05, 0.1) is 17.1 Å². The molecule has 0 spiro atoms. The number of aryl methyl sites for hydroxylation is 1. The third kappa shape index (κ3) is 2.94. The molecule has 2 saturated heterocycles. The Morgan fingerprint density at radius 2 is 2.03 bits per heavy atom. The van der Waals surface area contributed by atoms with Crippen LogP contribution in [0.1, 0.15) is 12.2 Å². The van der Waals surface area contributed by atoms with Crippen LogP contribution >= 0.6 is 0 Å². The van der Waals surface area contributed by atoms with E-state index in [0.717, 1.165) is 42.1 Å². The van der Waals surface area contributed by atoms with Crippen molar-refractivity contribution >= 4 is 22.7 Å². The Bertz CT molecular complexity index is 1310. The second kappa shape index (κ2) is 6.75. The lowest BCUT2D eigenvalue weighted by Gasteiger charge is -2.30. The van der Waals surface area contributed by atoms with Crippen LogP contribution in [0.3, 0.4) is 0 Å². The monoisotopic (exact) mass is 415 g/mol. The summed E-state index contributed by atoms with van der Waals surface area (Å²) < 4.78 is 17.1. The summed E-state index contributed by atoms with van der Waals surface area (Å²) in [4.78, 5) is 15.7. The number of nitrogens with two attached hydrogens (primary N) is 1. The largest absolute Gasteiger partial charge is 0.384 e. The Hall–Kier alpha value is -3.52. The topological polar surface area (TPSA) is 84.9 Å². The van der Waals surface area contributed by atoms with Crippen molar-refractivity contribution in [2.45, 2.75) is 25.4 Å². The minimum absolute atomic E-state index is 0.218. The first-order valence-electron chi connectivity index (χ1n) is 10.4. The first-order valence-corrected chi connectivity index (χ1v) is 10.4. The quantitative estimate of drug-likeness (QED) is 0.535. The highest BCUT2D eigenvalue weighted by Gasteiger charge is 2.38. The molecule has 156 valence electrons. The number of imidazole rings is 1. The smallest absolute Gasteiger partial charge is 0.165 e. The molecule has 2 fully saturated rings. The van der Waals surface area contributed by atoms with Gasteiger partial charge in [-0.1, -0.05) is 0 Å². The fourth-order valence-electron chi connectivity index (χ4n) is 4.87. The van der Waals surface area contributed by atoms with E-state index in [1.54, 1.807) is 18.3 Å². The SMILES string of the molecule is Cc1nc2ccc(-c3ccnc(N)c3)nc2n1-c1ccc(N2C[C@@H]3C[C@H]2CN3)c(F)c1. The number of piperazine rings is 1. The molecule has 0 amide bonds. The summed E-state index contributed by atoms with van der Waals surface area (Å²) in [5.74, 6) is 0.974. The Kier molecular flexibility index (Phi) is 3.97. The van der Waals surface area contributed by atoms with E-state index in [1.165, 1.54) is 0 Å². The molecule has 0 unspecified atom stereocenters. The molecule has 3 aromatic heterocycles. The van der Waals surface area contributed by atoms with Crippen molar-refractivity contribution < 1.29 is 4.39 Å². The molecule has 7 nitrogen and oxygen atoms in total. The summed E-state index contributed by atoms with van der Waals surface area (Å²) in [7, 11) is 0. The molecule has 4 aromatic rings. The molecule has 2 aliphatic heterocycles. The van der Waals surface area contributed by atoms with Crippen LogP contribution < -0.4 is 16.0 Å². The number of hydrogen-bond acceptors (Lipinski definition) is 6. The number of hydrogen-bond donors (Lipinski definition) is 2. The number of fused-ring (bicyclic) bond motifs is 3. The van der Waals surface area contributed by atoms with E-state index in [4.69, 9.17) is 10.7 Å². The van der Waals surface area contributed by atoms with E-state index in [9.17, 15) is 0 Å². The van der Waals surface area contributed by atoms with Crippen LogP contribution in [0.2, 0.25) is 0 Å². The average Bonchev–Trinajstić information content (AvgIpc) is 3.46. The van der Waals surface area contributed by atoms with Gasteiger partial charge >= 0.3 is 0 Å². The maximum absolute atomic E-state index is 15.2. The van der Waals surface area contributed by atoms with Crippen molar-refractivity contribution in [3.05, 3.63) is 60.3 Å². The van der Waals surface area contributed by atoms with Crippen LogP contribution in [0.15, 0.2) is 48.7 Å². The Morgan fingerprint density at radius 1 is 1.13 bits per heavy atom. The summed E-state index contributed by atoms with van der Waals surface area (Å²) in [6.07, 6.45) is 2.74. The minimum atomic E-state index is -0.218. The third-order valence-corrected chi connectivity index (χ3v) is 6.30. The van der Waals surface area contributed by atoms with Crippen molar-refractivity contribution in [1.82, 2.24) is 24.8 Å². The van der Waals surface area contributed by atoms with E-state index in [1.807, 2.05) is 41.8 Å². The molecule has 2 atom stereocenters. The first-order chi connectivity index (χ1) is 15.1. The van der Waals surface area contributed by atoms with E-state index >= 15 is 4.39 Å². The van der Waals surface area contributed by atoms with Crippen LogP contribution in [0.4, 0.5) is 15.9 Å². The zero-order valence-electron chi connectivity index (χ0n) is 17.1. The van der Waals surface area contributed by atoms with Gasteiger partial charge in [0.1, 0.15) is 23.0 Å². The number of nitrogens with one attached hydrogen (secondary N) is 1. The van der Waals surface area contributed by atoms with Gasteiger partial charge in [0.25, 0.3) is 0 Å². The fraction of sp³-hybridized carbons (Fsp3) is 0.261. The molecule has 6 rings (SSSR count). The highest BCUT2D eigenvalue weighted by Crippen LogP contribution is 2.33. The van der Waals surface area contributed by atoms with Gasteiger partial charge in [-0.2, -0.15) is 0 Å². The van der Waals surface area contributed by atoms with Crippen LogP contribution in [-0.2, 0) is 0 Å². The Morgan fingerprint density at radius 3 is 2.77 bits per heavy atom. The molecule has 5 heterocycles. The highest BCUT2D eigenvalue weighted by molar-refractivity contribution is 5.78. The van der Waals surface area contributed by atoms with Crippen LogP contribution in [0.25, 0.3) is 28.1 Å². The lowest BCUT2D eigenvalue weighted by atomic mass is 10.1. The number of nitrogen functional groups attached to an aromatic ring is 1. The Labute approximate surface area is 178 Å². The maximum atomic E-state index is 15.2. The van der Waals surface area contributed by atoms with Gasteiger partial charge in [-0.25, -0.2) is 19.3 Å². The van der Waals surface area contributed by atoms with Crippen molar-refractivity contribution in [2.24, 2.45) is 0 Å². The van der Waals surface area contributed by atoms with Crippen molar-refractivity contribution in [1.29, 1.82) is 0 Å². The second-order valence-corrected chi connectivity index (χ2v) is 8.29. The maximum Gasteiger partial charge on any atom is 0.165 e. The highest BCUT2D eigenvalue weighted by atomic mass is 19.1. The predicted molar refractivity (Wildman–Crippen MR) is 119 cm³/mol. The molecule has 8 heteroatoms. The zero-order chi connectivity index (χ0) is 21.1. The number of pyridine rings is 2. The number of nitrogens with zero attached hydrogens (tertiary/aromatic N) is 5. The van der Waals surface area contributed by atoms with Gasteiger partial charge in [0.2, 0.25) is 0 Å². The number of aromatic nitrogens is 4. The standard InChI is InChI=1S/C23H22FN7/c1-13-28-20-4-3-19(14-6-7-26-22(25)8-14)29-23(20)31(13)16-2-5-21(18(24)10-16)30-12-15-9-17(30)11-27-15/h2-8,10,15,17,27H,9,11-12H2,1H3,(H2,25,26)/t15-,17-/m0/s1. The van der Waals surface area contributed by atoms with Gasteiger partial charge < -0.3 is 16.0 Å². The summed E-state index contributed by atoms with van der Waals surface area (Å²) >= 11 is 0. The predicted octanol–water partition coefficient (Wildman–Crippen LogP) is 3.06.